The molecule has 13 heavy (non-hydrogen) atoms. The fourth-order valence-corrected chi connectivity index (χ4v) is 0.876. The Morgan fingerprint density at radius 1 is 1.46 bits per heavy atom. The number of halogens is 1. The molecule has 0 unspecified atom stereocenters. The Kier molecular flexibility index (Phi) is 2.93. The highest BCUT2D eigenvalue weighted by molar-refractivity contribution is 5.75. The first kappa shape index (κ1) is 9.14. The highest BCUT2D eigenvalue weighted by Gasteiger charge is 1.99. The zero-order valence-corrected chi connectivity index (χ0v) is 6.70. The number of hydrogen-bond acceptors (Lipinski definition) is 2. The summed E-state index contributed by atoms with van der Waals surface area (Å²) in [4.78, 5) is 10.2. The Bertz CT molecular complexity index is 390. The van der Waals surface area contributed by atoms with Crippen molar-refractivity contribution in [1.82, 2.24) is 0 Å². The van der Waals surface area contributed by atoms with Gasteiger partial charge in [-0.1, -0.05) is 6.07 Å². The molecule has 0 heterocycles. The molecule has 0 saturated heterocycles. The van der Waals surface area contributed by atoms with Crippen LogP contribution in [0.3, 0.4) is 0 Å². The molecule has 0 aliphatic heterocycles. The van der Waals surface area contributed by atoms with Crippen LogP contribution in [0.15, 0.2) is 24.3 Å². The average molecular weight is 175 g/mol. The molecule has 0 aromatic heterocycles. The van der Waals surface area contributed by atoms with Gasteiger partial charge in [0.25, 0.3) is 0 Å². The van der Waals surface area contributed by atoms with Crippen molar-refractivity contribution in [2.45, 2.75) is 0 Å². The molecule has 0 fully saturated rings. The lowest BCUT2D eigenvalue weighted by atomic mass is 10.1. The molecule has 64 valence electrons. The number of hydrogen-bond donors (Lipinski definition) is 0. The van der Waals surface area contributed by atoms with Crippen molar-refractivity contribution >= 4 is 12.4 Å². The second-order valence-corrected chi connectivity index (χ2v) is 2.36. The first-order chi connectivity index (χ1) is 6.27. The standard InChI is InChI=1S/C10H6FNO/c11-10-6-8(2-1-5-12)3-4-9(10)7-13/h1-4,6-7H. The van der Waals surface area contributed by atoms with E-state index in [1.807, 2.05) is 0 Å². The van der Waals surface area contributed by atoms with E-state index in [1.165, 1.54) is 24.3 Å². The van der Waals surface area contributed by atoms with Gasteiger partial charge in [-0.15, -0.1) is 0 Å². The van der Waals surface area contributed by atoms with Crippen LogP contribution in [-0.2, 0) is 0 Å². The van der Waals surface area contributed by atoms with Crippen LogP contribution < -0.4 is 0 Å². The molecule has 0 aliphatic carbocycles. The third-order valence-corrected chi connectivity index (χ3v) is 1.50. The molecule has 1 aromatic carbocycles. The van der Waals surface area contributed by atoms with Gasteiger partial charge in [0, 0.05) is 6.08 Å². The molecule has 1 rings (SSSR count). The second-order valence-electron chi connectivity index (χ2n) is 2.36. The maximum Gasteiger partial charge on any atom is 0.152 e. The number of carbonyl (C=O) groups excluding carboxylic acids is 1. The minimum atomic E-state index is -0.574. The number of benzene rings is 1. The molecule has 0 spiro atoms. The SMILES string of the molecule is N#CC=Cc1ccc(C=O)c(F)c1. The van der Waals surface area contributed by atoms with E-state index in [1.54, 1.807) is 12.1 Å². The van der Waals surface area contributed by atoms with Gasteiger partial charge in [0.2, 0.25) is 0 Å². The lowest BCUT2D eigenvalue weighted by Crippen LogP contribution is -1.87. The molecule has 0 bridgehead atoms. The summed E-state index contributed by atoms with van der Waals surface area (Å²) in [6.45, 7) is 0. The molecular formula is C10H6FNO. The lowest BCUT2D eigenvalue weighted by molar-refractivity contribution is 0.112. The number of rotatable bonds is 2. The Morgan fingerprint density at radius 3 is 2.77 bits per heavy atom. The van der Waals surface area contributed by atoms with E-state index in [2.05, 4.69) is 0 Å². The highest BCUT2D eigenvalue weighted by Crippen LogP contribution is 2.09. The van der Waals surface area contributed by atoms with Gasteiger partial charge in [-0.05, 0) is 23.8 Å². The number of allylic oxidation sites excluding steroid dienone is 1. The summed E-state index contributed by atoms with van der Waals surface area (Å²) in [7, 11) is 0. The van der Waals surface area contributed by atoms with Crippen LogP contribution in [0.4, 0.5) is 4.39 Å². The van der Waals surface area contributed by atoms with Crippen LogP contribution in [0.1, 0.15) is 15.9 Å². The van der Waals surface area contributed by atoms with Crippen molar-refractivity contribution in [3.8, 4) is 6.07 Å². The topological polar surface area (TPSA) is 40.9 Å². The van der Waals surface area contributed by atoms with Crippen LogP contribution in [0.2, 0.25) is 0 Å². The predicted octanol–water partition coefficient (Wildman–Crippen LogP) is 2.17. The summed E-state index contributed by atoms with van der Waals surface area (Å²) in [5, 5.41) is 8.21. The monoisotopic (exact) mass is 175 g/mol. The second kappa shape index (κ2) is 4.17. The minimum Gasteiger partial charge on any atom is -0.298 e. The fraction of sp³-hybridized carbons (Fsp3) is 0. The normalized spacial score (nSPS) is 9.85. The number of aldehydes is 1. The number of nitriles is 1. The van der Waals surface area contributed by atoms with Crippen LogP contribution in [0, 0.1) is 17.1 Å². The van der Waals surface area contributed by atoms with Gasteiger partial charge in [0.05, 0.1) is 11.6 Å². The number of carbonyl (C=O) groups is 1. The van der Waals surface area contributed by atoms with Crippen molar-refractivity contribution in [2.75, 3.05) is 0 Å². The van der Waals surface area contributed by atoms with Crippen LogP contribution in [-0.4, -0.2) is 6.29 Å². The van der Waals surface area contributed by atoms with Crippen LogP contribution in [0.25, 0.3) is 6.08 Å². The molecule has 0 N–H and O–H groups in total. The summed E-state index contributed by atoms with van der Waals surface area (Å²) in [5.74, 6) is -0.574. The first-order valence-corrected chi connectivity index (χ1v) is 3.59. The average Bonchev–Trinajstić information content (AvgIpc) is 2.15. The van der Waals surface area contributed by atoms with Crippen molar-refractivity contribution < 1.29 is 9.18 Å². The van der Waals surface area contributed by atoms with Gasteiger partial charge in [-0.3, -0.25) is 4.79 Å². The molecule has 0 amide bonds. The predicted molar refractivity (Wildman–Crippen MR) is 46.4 cm³/mol. The van der Waals surface area contributed by atoms with Gasteiger partial charge < -0.3 is 0 Å². The van der Waals surface area contributed by atoms with Gasteiger partial charge in [0.1, 0.15) is 5.82 Å². The quantitative estimate of drug-likeness (QED) is 0.510. The van der Waals surface area contributed by atoms with E-state index in [9.17, 15) is 9.18 Å². The van der Waals surface area contributed by atoms with E-state index in [-0.39, 0.29) is 5.56 Å². The van der Waals surface area contributed by atoms with Crippen molar-refractivity contribution in [3.63, 3.8) is 0 Å². The van der Waals surface area contributed by atoms with E-state index in [0.29, 0.717) is 11.8 Å². The van der Waals surface area contributed by atoms with E-state index >= 15 is 0 Å². The van der Waals surface area contributed by atoms with E-state index < -0.39 is 5.82 Å². The van der Waals surface area contributed by atoms with Gasteiger partial charge in [-0.25, -0.2) is 4.39 Å². The molecule has 3 heteroatoms. The Labute approximate surface area is 74.9 Å². The summed E-state index contributed by atoms with van der Waals surface area (Å²) >= 11 is 0. The summed E-state index contributed by atoms with van der Waals surface area (Å²) in [5.41, 5.74) is 0.582. The highest BCUT2D eigenvalue weighted by atomic mass is 19.1. The van der Waals surface area contributed by atoms with Crippen LogP contribution in [0.5, 0.6) is 0 Å². The molecule has 0 radical (unpaired) electrons. The maximum atomic E-state index is 12.9. The van der Waals surface area contributed by atoms with Gasteiger partial charge in [-0.2, -0.15) is 5.26 Å². The van der Waals surface area contributed by atoms with E-state index in [4.69, 9.17) is 5.26 Å². The summed E-state index contributed by atoms with van der Waals surface area (Å²) < 4.78 is 12.9. The lowest BCUT2D eigenvalue weighted by Gasteiger charge is -1.95. The molecule has 1 aromatic rings. The van der Waals surface area contributed by atoms with Crippen molar-refractivity contribution in [2.24, 2.45) is 0 Å². The Hall–Kier alpha value is -1.95. The van der Waals surface area contributed by atoms with E-state index in [0.717, 1.165) is 0 Å². The maximum absolute atomic E-state index is 12.9. The Balaban J connectivity index is 3.04. The zero-order valence-electron chi connectivity index (χ0n) is 6.70. The summed E-state index contributed by atoms with van der Waals surface area (Å²) in [6.07, 6.45) is 3.17. The smallest absolute Gasteiger partial charge is 0.152 e. The first-order valence-electron chi connectivity index (χ1n) is 3.59. The van der Waals surface area contributed by atoms with Crippen molar-refractivity contribution in [1.29, 1.82) is 5.26 Å². The van der Waals surface area contributed by atoms with Crippen LogP contribution >= 0.6 is 0 Å². The molecule has 0 atom stereocenters. The summed E-state index contributed by atoms with van der Waals surface area (Å²) in [6, 6.07) is 5.94. The minimum absolute atomic E-state index is 0.0223. The fourth-order valence-electron chi connectivity index (χ4n) is 0.876. The third kappa shape index (κ3) is 2.24. The van der Waals surface area contributed by atoms with Crippen molar-refractivity contribution in [3.05, 3.63) is 41.2 Å². The molecule has 0 aliphatic rings. The Morgan fingerprint density at radius 2 is 2.23 bits per heavy atom. The zero-order chi connectivity index (χ0) is 9.68. The largest absolute Gasteiger partial charge is 0.298 e. The molecule has 2 nitrogen and oxygen atoms in total. The van der Waals surface area contributed by atoms with Gasteiger partial charge >= 0.3 is 0 Å². The number of nitrogens with zero attached hydrogens (tertiary/aromatic N) is 1. The van der Waals surface area contributed by atoms with Gasteiger partial charge in [0.15, 0.2) is 6.29 Å². The molecular weight excluding hydrogens is 169 g/mol. The third-order valence-electron chi connectivity index (χ3n) is 1.50. The molecule has 0 saturated carbocycles.